The summed E-state index contributed by atoms with van der Waals surface area (Å²) < 4.78 is 31.0. The van der Waals surface area contributed by atoms with Gasteiger partial charge in [-0.25, -0.2) is 19.1 Å². The lowest BCUT2D eigenvalue weighted by atomic mass is 9.85. The molecule has 2 aliphatic heterocycles. The van der Waals surface area contributed by atoms with Gasteiger partial charge in [0.05, 0.1) is 31.4 Å². The minimum atomic E-state index is -2.19. The molecule has 2 fully saturated rings. The van der Waals surface area contributed by atoms with Crippen molar-refractivity contribution in [1.29, 1.82) is 0 Å². The zero-order chi connectivity index (χ0) is 93.8. The maximum absolute atomic E-state index is 15.6. The number of carbonyl (C=O) groups is 11. The Bertz CT molecular complexity index is 5420. The molecular weight excluding hydrogens is 1660 g/mol. The number of amides is 9. The Kier molecular flexibility index (Phi) is 30.7. The molecule has 8 aromatic rings. The highest BCUT2D eigenvalue weighted by molar-refractivity contribution is 6.74. The number of alkyl carbamates (subject to hydrolysis) is 1. The van der Waals surface area contributed by atoms with Gasteiger partial charge in [0, 0.05) is 56.7 Å². The molecule has 684 valence electrons. The van der Waals surface area contributed by atoms with Crippen LogP contribution in [0.15, 0.2) is 181 Å². The maximum atomic E-state index is 15.6. The van der Waals surface area contributed by atoms with Crippen LogP contribution in [0.1, 0.15) is 161 Å². The van der Waals surface area contributed by atoms with Gasteiger partial charge < -0.3 is 65.1 Å². The van der Waals surface area contributed by atoms with E-state index in [1.807, 2.05) is 115 Å². The number of carbonyl (C=O) groups excluding carboxylic acids is 11. The lowest BCUT2D eigenvalue weighted by Crippen LogP contribution is -2.61. The molecule has 32 heteroatoms. The predicted octanol–water partition coefficient (Wildman–Crippen LogP) is 12.5. The summed E-state index contributed by atoms with van der Waals surface area (Å²) in [6.45, 7) is 28.8. The van der Waals surface area contributed by atoms with Gasteiger partial charge in [-0.15, -0.1) is 5.10 Å². The number of hydrogen-bond acceptors (Lipinski definition) is 19. The third-order valence-electron chi connectivity index (χ3n) is 24.3. The summed E-state index contributed by atoms with van der Waals surface area (Å²) >= 11 is 0. The lowest BCUT2D eigenvalue weighted by Gasteiger charge is -2.37. The van der Waals surface area contributed by atoms with Gasteiger partial charge in [0.25, 0.3) is 0 Å². The van der Waals surface area contributed by atoms with E-state index in [9.17, 15) is 43.9 Å². The quantitative estimate of drug-likeness (QED) is 0.00555. The van der Waals surface area contributed by atoms with Gasteiger partial charge in [0.1, 0.15) is 84.3 Å². The number of ketones is 1. The van der Waals surface area contributed by atoms with Crippen molar-refractivity contribution in [2.45, 2.75) is 238 Å². The Morgan fingerprint density at radius 3 is 1.62 bits per heavy atom. The summed E-state index contributed by atoms with van der Waals surface area (Å²) in [5, 5.41) is 31.9. The Balaban J connectivity index is 0.787. The molecule has 9 amide bonds. The highest BCUT2D eigenvalue weighted by atomic mass is 28.4. The van der Waals surface area contributed by atoms with Crippen LogP contribution in [0.3, 0.4) is 0 Å². The van der Waals surface area contributed by atoms with Gasteiger partial charge in [-0.2, -0.15) is 0 Å². The molecule has 0 radical (unpaired) electrons. The monoisotopic (exact) mass is 1780 g/mol. The summed E-state index contributed by atoms with van der Waals surface area (Å²) in [4.78, 5) is 167. The summed E-state index contributed by atoms with van der Waals surface area (Å²) in [5.41, 5.74) is 13.8. The van der Waals surface area contributed by atoms with Crippen LogP contribution in [0.2, 0.25) is 18.1 Å². The van der Waals surface area contributed by atoms with E-state index in [1.165, 1.54) is 42.5 Å². The zero-order valence-electron chi connectivity index (χ0n) is 76.8. The Hall–Kier alpha value is -13.0. The highest BCUT2D eigenvalue weighted by Crippen LogP contribution is 2.45. The standard InChI is InChI=1S/C97H121N15O16Si/c1-58(109(15)93(123)127-96(9,10)11)84(114)103-82(94(3,4)5)89(119)111-55-68(52-81(111)88(118)101-78(50-63-36-41-64-30-22-23-31-65(64)46-63)85(115)99-76(59(2)113)47-61-39-44-70(45-40-61)128-129(17,18)97(12,13)14)112-54-67(106-108-112)56-125-69-42-37-62(38-43-69)49-79(91(121)124-16)102-86(116)77(48-60-28-20-19-21-29-60)100-87(117)80-51-66(105-107-98)53-110(80)90(120)83(95(6,7)8)104-92(122)126-57-75-73-34-26-24-32-71(73)72-33-25-27-35-74(72)75/h19-46,54,58,66,68,75-83H,47-53,55-57H2,1-18H3,(H,99,115)(H,100,117)(H,101,118)(H,102,116)(H,103,114)(H,104,122)/t58?,66-,68-,76-,77-,78-,79-,80-,81-,82+,83?/m0/s1. The first kappa shape index (κ1) is 96.7. The number of methoxy groups -OCH3 is 1. The minimum absolute atomic E-state index is 0.0277. The molecule has 0 saturated carbocycles. The number of esters is 1. The van der Waals surface area contributed by atoms with E-state index in [4.69, 9.17) is 23.4 Å². The van der Waals surface area contributed by atoms with Crippen LogP contribution in [0.4, 0.5) is 9.59 Å². The van der Waals surface area contributed by atoms with Crippen molar-refractivity contribution in [3.05, 3.63) is 226 Å². The molecule has 0 spiro atoms. The van der Waals surface area contributed by atoms with Gasteiger partial charge in [0.15, 0.2) is 5.78 Å². The SMILES string of the molecule is COC(=O)[C@H](Cc1ccc(OCc2cn([C@H]3C[C@@H](C(=O)N[C@@H](Cc4ccc5ccccc5c4)C(=O)N[C@@H](Cc4ccc(O[Si](C)(C)C(C)(C)C)cc4)C(C)=O)N(C(=O)[C@@H](NC(=O)C(C)N(C)C(=O)OC(C)(C)C)C(C)(C)C)C3)nn2)cc1)NC(=O)[C@H](Cc1ccccc1)NC(=O)[C@@H]1C[C@H](N=[N+]=[N-])CN1C(=O)C(NC(=O)OCC1c2ccccc2-c2ccccc21)C(C)(C)C. The molecule has 1 aliphatic carbocycles. The van der Waals surface area contributed by atoms with E-state index in [0.717, 1.165) is 43.5 Å². The van der Waals surface area contributed by atoms with E-state index in [-0.39, 0.29) is 81.6 Å². The molecule has 2 unspecified atom stereocenters. The number of likely N-dealkylation sites (N-methyl/N-ethyl adjacent to an activating group) is 1. The van der Waals surface area contributed by atoms with Crippen molar-refractivity contribution in [1.82, 2.24) is 61.6 Å². The van der Waals surface area contributed by atoms with Gasteiger partial charge in [0.2, 0.25) is 49.7 Å². The fourth-order valence-electron chi connectivity index (χ4n) is 15.9. The molecule has 0 bridgehead atoms. The number of rotatable bonds is 33. The van der Waals surface area contributed by atoms with Crippen molar-refractivity contribution < 1.29 is 76.1 Å². The molecule has 3 aliphatic rings. The first-order valence-electron chi connectivity index (χ1n) is 43.6. The second-order valence-corrected chi connectivity index (χ2v) is 43.1. The second-order valence-electron chi connectivity index (χ2n) is 38.3. The van der Waals surface area contributed by atoms with Gasteiger partial charge in [-0.3, -0.25) is 43.3 Å². The van der Waals surface area contributed by atoms with Crippen molar-refractivity contribution >= 4 is 84.4 Å². The van der Waals surface area contributed by atoms with Crippen molar-refractivity contribution in [3.8, 4) is 22.6 Å². The predicted molar refractivity (Wildman–Crippen MR) is 489 cm³/mol. The van der Waals surface area contributed by atoms with Crippen LogP contribution >= 0.6 is 0 Å². The Morgan fingerprint density at radius 2 is 1.06 bits per heavy atom. The van der Waals surface area contributed by atoms with Crippen LogP contribution < -0.4 is 41.1 Å². The van der Waals surface area contributed by atoms with Gasteiger partial charge >= 0.3 is 18.2 Å². The number of likely N-dealkylation sites (tertiary alicyclic amines) is 2. The molecular formula is C97H121N15O16Si. The summed E-state index contributed by atoms with van der Waals surface area (Å²) in [7, 11) is 0.394. The zero-order valence-corrected chi connectivity index (χ0v) is 77.8. The lowest BCUT2D eigenvalue weighted by molar-refractivity contribution is -0.146. The highest BCUT2D eigenvalue weighted by Gasteiger charge is 2.50. The molecule has 7 aromatic carbocycles. The van der Waals surface area contributed by atoms with Crippen LogP contribution in [-0.4, -0.2) is 203 Å². The normalized spacial score (nSPS) is 17.3. The molecule has 6 N–H and O–H groups in total. The van der Waals surface area contributed by atoms with Crippen molar-refractivity contribution in [2.75, 3.05) is 33.9 Å². The maximum Gasteiger partial charge on any atom is 0.410 e. The number of Topliss-reactive ketones (excluding diaryl/α,β-unsaturated/α-hetero) is 1. The number of aromatic nitrogens is 3. The number of azide groups is 1. The molecule has 1 aromatic heterocycles. The average molecular weight is 1780 g/mol. The van der Waals surface area contributed by atoms with Crippen molar-refractivity contribution in [2.24, 2.45) is 15.9 Å². The van der Waals surface area contributed by atoms with Crippen LogP contribution in [0.25, 0.3) is 32.3 Å². The average Bonchev–Trinajstić information content (AvgIpc) is 1.63. The number of nitrogens with zero attached hydrogens (tertiary/aromatic N) is 9. The molecule has 11 atom stereocenters. The van der Waals surface area contributed by atoms with E-state index in [2.05, 4.69) is 86.1 Å². The topological polar surface area (TPSA) is 395 Å². The van der Waals surface area contributed by atoms with Gasteiger partial charge in [-0.1, -0.05) is 218 Å². The van der Waals surface area contributed by atoms with Crippen LogP contribution in [-0.2, 0) is 89.7 Å². The number of ether oxygens (including phenoxy) is 4. The molecule has 2 saturated heterocycles. The first-order chi connectivity index (χ1) is 60.9. The summed E-state index contributed by atoms with van der Waals surface area (Å²) in [6.07, 6.45) is -0.277. The number of benzene rings is 7. The number of fused-ring (bicyclic) bond motifs is 4. The molecule has 3 heterocycles. The van der Waals surface area contributed by atoms with E-state index in [1.54, 1.807) is 123 Å². The van der Waals surface area contributed by atoms with E-state index >= 15 is 14.4 Å². The molecule has 11 rings (SSSR count). The summed E-state index contributed by atoms with van der Waals surface area (Å²) in [5.74, 6) is -5.24. The van der Waals surface area contributed by atoms with E-state index in [0.29, 0.717) is 33.9 Å². The first-order valence-corrected chi connectivity index (χ1v) is 46.5. The largest absolute Gasteiger partial charge is 0.544 e. The fourth-order valence-corrected chi connectivity index (χ4v) is 16.9. The molecule has 129 heavy (non-hydrogen) atoms. The van der Waals surface area contributed by atoms with Crippen LogP contribution in [0, 0.1) is 10.8 Å². The minimum Gasteiger partial charge on any atom is -0.544 e. The second kappa shape index (κ2) is 41.0. The number of hydrogen-bond donors (Lipinski definition) is 6. The van der Waals surface area contributed by atoms with Crippen molar-refractivity contribution in [3.63, 3.8) is 0 Å². The van der Waals surface area contributed by atoms with Gasteiger partial charge in [-0.05, 0) is 161 Å². The summed E-state index contributed by atoms with van der Waals surface area (Å²) in [6, 6.07) is 39.2. The Morgan fingerprint density at radius 1 is 0.566 bits per heavy atom. The van der Waals surface area contributed by atoms with E-state index < -0.39 is 151 Å². The van der Waals surface area contributed by atoms with Crippen LogP contribution in [0.5, 0.6) is 11.5 Å². The number of nitrogens with one attached hydrogen (secondary N) is 6. The smallest absolute Gasteiger partial charge is 0.410 e. The third kappa shape index (κ3) is 24.7. The third-order valence-corrected chi connectivity index (χ3v) is 28.7. The fraction of sp³-hybridized carbons (Fsp3) is 0.454. The Labute approximate surface area is 754 Å². The molecule has 31 nitrogen and oxygen atoms in total.